The lowest BCUT2D eigenvalue weighted by atomic mass is 10.1. The molecule has 0 saturated heterocycles. The second kappa shape index (κ2) is 7.70. The molecule has 2 aromatic carbocycles. The third-order valence-electron chi connectivity index (χ3n) is 4.22. The fourth-order valence-corrected chi connectivity index (χ4v) is 2.95. The molecule has 1 unspecified atom stereocenters. The molecule has 2 amide bonds. The SMILES string of the molecule is CC(=O)NCCN1C(=O)c2ccc(OCc3ccccc3)cc2C1C#N. The van der Waals surface area contributed by atoms with Crippen molar-refractivity contribution in [3.05, 3.63) is 65.2 Å². The van der Waals surface area contributed by atoms with Crippen LogP contribution < -0.4 is 10.1 Å². The van der Waals surface area contributed by atoms with Crippen LogP contribution in [0.5, 0.6) is 5.75 Å². The Morgan fingerprint density at radius 3 is 2.73 bits per heavy atom. The minimum atomic E-state index is -0.675. The van der Waals surface area contributed by atoms with Crippen LogP contribution in [0.3, 0.4) is 0 Å². The van der Waals surface area contributed by atoms with Gasteiger partial charge in [0.15, 0.2) is 0 Å². The maximum absolute atomic E-state index is 12.6. The van der Waals surface area contributed by atoms with E-state index in [0.29, 0.717) is 30.0 Å². The van der Waals surface area contributed by atoms with Gasteiger partial charge in [-0.15, -0.1) is 0 Å². The number of hydrogen-bond acceptors (Lipinski definition) is 4. The number of carbonyl (C=O) groups excluding carboxylic acids is 2. The van der Waals surface area contributed by atoms with Gasteiger partial charge in [-0.05, 0) is 23.8 Å². The number of fused-ring (bicyclic) bond motifs is 1. The summed E-state index contributed by atoms with van der Waals surface area (Å²) >= 11 is 0. The molecule has 1 atom stereocenters. The molecule has 0 aromatic heterocycles. The average molecular weight is 349 g/mol. The highest BCUT2D eigenvalue weighted by Crippen LogP contribution is 2.35. The molecule has 0 saturated carbocycles. The fourth-order valence-electron chi connectivity index (χ4n) is 2.95. The van der Waals surface area contributed by atoms with E-state index in [4.69, 9.17) is 4.74 Å². The number of hydrogen-bond donors (Lipinski definition) is 1. The molecule has 0 bridgehead atoms. The molecule has 6 heteroatoms. The summed E-state index contributed by atoms with van der Waals surface area (Å²) < 4.78 is 5.80. The molecule has 3 rings (SSSR count). The van der Waals surface area contributed by atoms with Gasteiger partial charge in [-0.2, -0.15) is 5.26 Å². The summed E-state index contributed by atoms with van der Waals surface area (Å²) in [4.78, 5) is 25.0. The maximum Gasteiger partial charge on any atom is 0.255 e. The van der Waals surface area contributed by atoms with Gasteiger partial charge in [-0.1, -0.05) is 30.3 Å². The first-order valence-electron chi connectivity index (χ1n) is 8.36. The van der Waals surface area contributed by atoms with E-state index in [1.165, 1.54) is 11.8 Å². The van der Waals surface area contributed by atoms with Crippen molar-refractivity contribution in [3.8, 4) is 11.8 Å². The maximum atomic E-state index is 12.6. The highest BCUT2D eigenvalue weighted by Gasteiger charge is 2.36. The van der Waals surface area contributed by atoms with Crippen molar-refractivity contribution >= 4 is 11.8 Å². The summed E-state index contributed by atoms with van der Waals surface area (Å²) in [7, 11) is 0. The van der Waals surface area contributed by atoms with Crippen molar-refractivity contribution in [2.45, 2.75) is 19.6 Å². The minimum Gasteiger partial charge on any atom is -0.489 e. The number of carbonyl (C=O) groups is 2. The van der Waals surface area contributed by atoms with Crippen LogP contribution in [0.15, 0.2) is 48.5 Å². The van der Waals surface area contributed by atoms with Crippen LogP contribution in [0.1, 0.15) is 34.5 Å². The van der Waals surface area contributed by atoms with Crippen molar-refractivity contribution in [3.63, 3.8) is 0 Å². The lowest BCUT2D eigenvalue weighted by Gasteiger charge is -2.20. The Kier molecular flexibility index (Phi) is 5.18. The van der Waals surface area contributed by atoms with Crippen molar-refractivity contribution < 1.29 is 14.3 Å². The standard InChI is InChI=1S/C20H19N3O3/c1-14(24)22-9-10-23-19(12-21)18-11-16(7-8-17(18)20(23)25)26-13-15-5-3-2-4-6-15/h2-8,11,19H,9-10,13H2,1H3,(H,22,24). The quantitative estimate of drug-likeness (QED) is 0.868. The van der Waals surface area contributed by atoms with Crippen LogP contribution in [-0.4, -0.2) is 29.8 Å². The van der Waals surface area contributed by atoms with E-state index in [2.05, 4.69) is 11.4 Å². The van der Waals surface area contributed by atoms with Gasteiger partial charge in [0.1, 0.15) is 18.4 Å². The molecule has 0 spiro atoms. The highest BCUT2D eigenvalue weighted by atomic mass is 16.5. The molecule has 1 aliphatic rings. The van der Waals surface area contributed by atoms with Crippen molar-refractivity contribution in [1.29, 1.82) is 5.26 Å². The zero-order valence-corrected chi connectivity index (χ0v) is 14.4. The molecule has 0 aliphatic carbocycles. The van der Waals surface area contributed by atoms with Gasteiger partial charge in [0.25, 0.3) is 5.91 Å². The molecule has 6 nitrogen and oxygen atoms in total. The van der Waals surface area contributed by atoms with Gasteiger partial charge in [-0.25, -0.2) is 0 Å². The van der Waals surface area contributed by atoms with Crippen LogP contribution >= 0.6 is 0 Å². The lowest BCUT2D eigenvalue weighted by Crippen LogP contribution is -2.36. The number of nitrogens with zero attached hydrogens (tertiary/aromatic N) is 2. The summed E-state index contributed by atoms with van der Waals surface area (Å²) in [6.45, 7) is 2.42. The first-order chi connectivity index (χ1) is 12.6. The number of amides is 2. The van der Waals surface area contributed by atoms with Crippen LogP contribution in [0.2, 0.25) is 0 Å². The van der Waals surface area contributed by atoms with E-state index >= 15 is 0 Å². The Bertz CT molecular complexity index is 858. The molecular weight excluding hydrogens is 330 g/mol. The number of rotatable bonds is 6. The van der Waals surface area contributed by atoms with Gasteiger partial charge in [-0.3, -0.25) is 9.59 Å². The monoisotopic (exact) mass is 349 g/mol. The molecule has 132 valence electrons. The van der Waals surface area contributed by atoms with E-state index in [1.807, 2.05) is 30.3 Å². The molecular formula is C20H19N3O3. The number of nitriles is 1. The predicted octanol–water partition coefficient (Wildman–Crippen LogP) is 2.42. The van der Waals surface area contributed by atoms with Gasteiger partial charge in [0.2, 0.25) is 5.91 Å². The van der Waals surface area contributed by atoms with E-state index < -0.39 is 6.04 Å². The number of benzene rings is 2. The summed E-state index contributed by atoms with van der Waals surface area (Å²) in [6, 6.07) is 16.5. The molecule has 0 fully saturated rings. The van der Waals surface area contributed by atoms with Crippen LogP contribution in [0.4, 0.5) is 0 Å². The number of nitrogens with one attached hydrogen (secondary N) is 1. The van der Waals surface area contributed by atoms with Gasteiger partial charge in [0.05, 0.1) is 6.07 Å². The summed E-state index contributed by atoms with van der Waals surface area (Å²) in [5.74, 6) is 0.246. The Morgan fingerprint density at radius 2 is 2.04 bits per heavy atom. The third-order valence-corrected chi connectivity index (χ3v) is 4.22. The topological polar surface area (TPSA) is 82.4 Å². The van der Waals surface area contributed by atoms with Gasteiger partial charge >= 0.3 is 0 Å². The second-order valence-corrected chi connectivity index (χ2v) is 6.04. The second-order valence-electron chi connectivity index (χ2n) is 6.04. The molecule has 26 heavy (non-hydrogen) atoms. The normalized spacial score (nSPS) is 15.3. The first-order valence-corrected chi connectivity index (χ1v) is 8.36. The zero-order valence-electron chi connectivity index (χ0n) is 14.4. The molecule has 1 N–H and O–H groups in total. The van der Waals surface area contributed by atoms with Crippen molar-refractivity contribution in [2.75, 3.05) is 13.1 Å². The van der Waals surface area contributed by atoms with Gasteiger partial charge in [0, 0.05) is 31.1 Å². The van der Waals surface area contributed by atoms with Gasteiger partial charge < -0.3 is 15.0 Å². The van der Waals surface area contributed by atoms with E-state index in [9.17, 15) is 14.9 Å². The first kappa shape index (κ1) is 17.5. The minimum absolute atomic E-state index is 0.167. The third kappa shape index (κ3) is 3.67. The summed E-state index contributed by atoms with van der Waals surface area (Å²) in [6.07, 6.45) is 0. The van der Waals surface area contributed by atoms with Crippen LogP contribution in [0, 0.1) is 11.3 Å². The lowest BCUT2D eigenvalue weighted by molar-refractivity contribution is -0.119. The Morgan fingerprint density at radius 1 is 1.27 bits per heavy atom. The van der Waals surface area contributed by atoms with E-state index in [-0.39, 0.29) is 18.4 Å². The number of ether oxygens (including phenoxy) is 1. The zero-order chi connectivity index (χ0) is 18.5. The van der Waals surface area contributed by atoms with E-state index in [1.54, 1.807) is 18.2 Å². The summed E-state index contributed by atoms with van der Waals surface area (Å²) in [5, 5.41) is 12.2. The van der Waals surface area contributed by atoms with Crippen molar-refractivity contribution in [2.24, 2.45) is 0 Å². The predicted molar refractivity (Wildman–Crippen MR) is 95.3 cm³/mol. The largest absolute Gasteiger partial charge is 0.489 e. The Hall–Kier alpha value is -3.33. The molecule has 2 aromatic rings. The van der Waals surface area contributed by atoms with E-state index in [0.717, 1.165) is 5.56 Å². The molecule has 0 radical (unpaired) electrons. The summed E-state index contributed by atoms with van der Waals surface area (Å²) in [5.41, 5.74) is 2.19. The molecule has 1 heterocycles. The molecule has 1 aliphatic heterocycles. The van der Waals surface area contributed by atoms with Crippen LogP contribution in [-0.2, 0) is 11.4 Å². The Balaban J connectivity index is 1.74. The highest BCUT2D eigenvalue weighted by molar-refractivity contribution is 6.00. The van der Waals surface area contributed by atoms with Crippen LogP contribution in [0.25, 0.3) is 0 Å². The average Bonchev–Trinajstić information content (AvgIpc) is 2.91. The fraction of sp³-hybridized carbons (Fsp3) is 0.250. The smallest absolute Gasteiger partial charge is 0.255 e. The van der Waals surface area contributed by atoms with Crippen molar-refractivity contribution in [1.82, 2.24) is 10.2 Å². The Labute approximate surface area is 152 Å².